The van der Waals surface area contributed by atoms with Gasteiger partial charge in [-0.3, -0.25) is 9.59 Å². The molecule has 1 aliphatic carbocycles. The molecule has 0 radical (unpaired) electrons. The number of hydrogen-bond donors (Lipinski definition) is 2. The van der Waals surface area contributed by atoms with Crippen LogP contribution in [0, 0.1) is 11.3 Å². The van der Waals surface area contributed by atoms with E-state index in [1.54, 1.807) is 13.2 Å². The van der Waals surface area contributed by atoms with E-state index in [1.807, 2.05) is 24.3 Å². The van der Waals surface area contributed by atoms with Gasteiger partial charge in [-0.15, -0.1) is 11.3 Å². The summed E-state index contributed by atoms with van der Waals surface area (Å²) >= 11 is 1.49. The molecule has 2 amide bonds. The number of primary amides is 1. The lowest BCUT2D eigenvalue weighted by Gasteiger charge is -2.36. The largest absolute Gasteiger partial charge is 0.497 e. The topological polar surface area (TPSA) is 81.4 Å². The zero-order chi connectivity index (χ0) is 21.9. The van der Waals surface area contributed by atoms with Gasteiger partial charge in [-0.2, -0.15) is 0 Å². The fourth-order valence-electron chi connectivity index (χ4n) is 3.93. The molecule has 0 aliphatic heterocycles. The number of ether oxygens (including phenoxy) is 1. The van der Waals surface area contributed by atoms with Crippen LogP contribution in [-0.4, -0.2) is 18.9 Å². The number of nitrogens with two attached hydrogens (primary N) is 1. The number of carbonyl (C=O) groups excluding carboxylic acids is 2. The van der Waals surface area contributed by atoms with E-state index >= 15 is 0 Å². The molecule has 0 bridgehead atoms. The van der Waals surface area contributed by atoms with Gasteiger partial charge in [0.05, 0.1) is 12.7 Å². The van der Waals surface area contributed by atoms with E-state index in [9.17, 15) is 9.59 Å². The summed E-state index contributed by atoms with van der Waals surface area (Å²) in [6.07, 6.45) is 7.10. The van der Waals surface area contributed by atoms with Crippen molar-refractivity contribution in [3.8, 4) is 5.75 Å². The Morgan fingerprint density at radius 3 is 2.60 bits per heavy atom. The van der Waals surface area contributed by atoms with E-state index in [2.05, 4.69) is 26.1 Å². The Balaban J connectivity index is 1.78. The Bertz CT molecular complexity index is 958. The van der Waals surface area contributed by atoms with Crippen LogP contribution in [0.2, 0.25) is 0 Å². The van der Waals surface area contributed by atoms with Crippen molar-refractivity contribution >= 4 is 34.2 Å². The second-order valence-corrected chi connectivity index (χ2v) is 9.55. The fraction of sp³-hybridized carbons (Fsp3) is 0.417. The second-order valence-electron chi connectivity index (χ2n) is 8.45. The van der Waals surface area contributed by atoms with E-state index in [4.69, 9.17) is 10.5 Å². The van der Waals surface area contributed by atoms with Gasteiger partial charge in [-0.25, -0.2) is 0 Å². The molecule has 3 N–H and O–H groups in total. The third-order valence-corrected chi connectivity index (χ3v) is 7.48. The second kappa shape index (κ2) is 9.04. The molecule has 6 heteroatoms. The molecule has 1 aromatic heterocycles. The SMILES string of the molecule is CCC(C)(C)[C@H]1CCc2c(sc(NC(=O)/C=C/c3ccc(OC)cc3)c2C(N)=O)C1. The predicted octanol–water partition coefficient (Wildman–Crippen LogP) is 5.05. The van der Waals surface area contributed by atoms with Crippen LogP contribution in [0.25, 0.3) is 6.08 Å². The summed E-state index contributed by atoms with van der Waals surface area (Å²) in [7, 11) is 1.61. The van der Waals surface area contributed by atoms with E-state index in [0.717, 1.165) is 42.6 Å². The Morgan fingerprint density at radius 2 is 2.00 bits per heavy atom. The Hall–Kier alpha value is -2.60. The summed E-state index contributed by atoms with van der Waals surface area (Å²) in [5.74, 6) is 0.566. The number of amides is 2. The van der Waals surface area contributed by atoms with Crippen LogP contribution < -0.4 is 15.8 Å². The molecule has 0 fully saturated rings. The molecule has 0 spiro atoms. The molecule has 1 aliphatic rings. The number of rotatable bonds is 7. The average Bonchev–Trinajstić information content (AvgIpc) is 3.09. The number of benzene rings is 1. The monoisotopic (exact) mass is 426 g/mol. The van der Waals surface area contributed by atoms with Crippen LogP contribution >= 0.6 is 11.3 Å². The third-order valence-electron chi connectivity index (χ3n) is 6.31. The van der Waals surface area contributed by atoms with Crippen LogP contribution in [0.3, 0.4) is 0 Å². The lowest BCUT2D eigenvalue weighted by molar-refractivity contribution is -0.111. The number of methoxy groups -OCH3 is 1. The lowest BCUT2D eigenvalue weighted by atomic mass is 9.69. The van der Waals surface area contributed by atoms with Crippen molar-refractivity contribution in [1.82, 2.24) is 0 Å². The molecule has 5 nitrogen and oxygen atoms in total. The minimum absolute atomic E-state index is 0.249. The van der Waals surface area contributed by atoms with Gasteiger partial charge in [0.1, 0.15) is 10.8 Å². The highest BCUT2D eigenvalue weighted by Crippen LogP contribution is 2.45. The Labute approximate surface area is 182 Å². The number of carbonyl (C=O) groups is 2. The van der Waals surface area contributed by atoms with Gasteiger partial charge < -0.3 is 15.8 Å². The van der Waals surface area contributed by atoms with Gasteiger partial charge >= 0.3 is 0 Å². The summed E-state index contributed by atoms with van der Waals surface area (Å²) in [6.45, 7) is 6.83. The predicted molar refractivity (Wildman–Crippen MR) is 123 cm³/mol. The van der Waals surface area contributed by atoms with Crippen molar-refractivity contribution in [2.45, 2.75) is 46.5 Å². The van der Waals surface area contributed by atoms with Gasteiger partial charge in [-0.05, 0) is 59.9 Å². The molecule has 2 aromatic rings. The minimum Gasteiger partial charge on any atom is -0.497 e. The fourth-order valence-corrected chi connectivity index (χ4v) is 5.27. The van der Waals surface area contributed by atoms with Crippen molar-refractivity contribution < 1.29 is 14.3 Å². The summed E-state index contributed by atoms with van der Waals surface area (Å²) in [4.78, 5) is 25.8. The smallest absolute Gasteiger partial charge is 0.251 e. The van der Waals surface area contributed by atoms with Crippen molar-refractivity contribution in [3.05, 3.63) is 51.9 Å². The van der Waals surface area contributed by atoms with Gasteiger partial charge in [0.2, 0.25) is 5.91 Å². The maximum atomic E-state index is 12.5. The quantitative estimate of drug-likeness (QED) is 0.608. The molecule has 1 atom stereocenters. The molecule has 1 aromatic carbocycles. The molecule has 160 valence electrons. The van der Waals surface area contributed by atoms with Gasteiger partial charge in [0.25, 0.3) is 5.91 Å². The molecular weight excluding hydrogens is 396 g/mol. The summed E-state index contributed by atoms with van der Waals surface area (Å²) in [6, 6.07) is 7.42. The third kappa shape index (κ3) is 4.75. The maximum Gasteiger partial charge on any atom is 0.251 e. The zero-order valence-electron chi connectivity index (χ0n) is 18.1. The zero-order valence-corrected chi connectivity index (χ0v) is 18.9. The van der Waals surface area contributed by atoms with E-state index in [-0.39, 0.29) is 11.3 Å². The van der Waals surface area contributed by atoms with Crippen LogP contribution in [0.15, 0.2) is 30.3 Å². The van der Waals surface area contributed by atoms with E-state index in [0.29, 0.717) is 16.5 Å². The molecule has 1 heterocycles. The molecule has 0 saturated carbocycles. The Kier molecular flexibility index (Phi) is 6.66. The van der Waals surface area contributed by atoms with Gasteiger partial charge in [0, 0.05) is 11.0 Å². The highest BCUT2D eigenvalue weighted by Gasteiger charge is 2.34. The number of anilines is 1. The van der Waals surface area contributed by atoms with E-state index < -0.39 is 5.91 Å². The first kappa shape index (κ1) is 22.1. The Morgan fingerprint density at radius 1 is 1.30 bits per heavy atom. The highest BCUT2D eigenvalue weighted by molar-refractivity contribution is 7.17. The minimum atomic E-state index is -0.477. The first-order chi connectivity index (χ1) is 14.2. The maximum absolute atomic E-state index is 12.5. The summed E-state index contributed by atoms with van der Waals surface area (Å²) < 4.78 is 5.14. The van der Waals surface area contributed by atoms with Crippen LogP contribution in [-0.2, 0) is 17.6 Å². The van der Waals surface area contributed by atoms with Crippen LogP contribution in [0.5, 0.6) is 5.75 Å². The van der Waals surface area contributed by atoms with Gasteiger partial charge in [-0.1, -0.05) is 39.3 Å². The van der Waals surface area contributed by atoms with Crippen LogP contribution in [0.4, 0.5) is 5.00 Å². The highest BCUT2D eigenvalue weighted by atomic mass is 32.1. The molecule has 30 heavy (non-hydrogen) atoms. The average molecular weight is 427 g/mol. The number of hydrogen-bond acceptors (Lipinski definition) is 4. The number of nitrogens with one attached hydrogen (secondary N) is 1. The van der Waals surface area contributed by atoms with E-state index in [1.165, 1.54) is 22.3 Å². The van der Waals surface area contributed by atoms with Crippen molar-refractivity contribution in [2.24, 2.45) is 17.1 Å². The summed E-state index contributed by atoms with van der Waals surface area (Å²) in [5.41, 5.74) is 8.32. The number of thiophene rings is 1. The number of fused-ring (bicyclic) bond motifs is 1. The van der Waals surface area contributed by atoms with Crippen molar-refractivity contribution in [1.29, 1.82) is 0 Å². The first-order valence-corrected chi connectivity index (χ1v) is 11.1. The van der Waals surface area contributed by atoms with Crippen molar-refractivity contribution in [2.75, 3.05) is 12.4 Å². The van der Waals surface area contributed by atoms with Crippen molar-refractivity contribution in [3.63, 3.8) is 0 Å². The molecule has 3 rings (SSSR count). The molecular formula is C24H30N2O3S. The normalized spacial score (nSPS) is 16.3. The standard InChI is InChI=1S/C24H30N2O3S/c1-5-24(2,3)16-9-12-18-19(14-16)30-23(21(18)22(25)28)26-20(27)13-8-15-6-10-17(29-4)11-7-15/h6-8,10-11,13,16H,5,9,12,14H2,1-4H3,(H2,25,28)(H,26,27)/b13-8+/t16-/m0/s1. The first-order valence-electron chi connectivity index (χ1n) is 10.3. The summed E-state index contributed by atoms with van der Waals surface area (Å²) in [5, 5.41) is 3.44. The molecule has 0 unspecified atom stereocenters. The lowest BCUT2D eigenvalue weighted by Crippen LogP contribution is -2.29. The van der Waals surface area contributed by atoms with Crippen LogP contribution in [0.1, 0.15) is 60.0 Å². The van der Waals surface area contributed by atoms with Gasteiger partial charge in [0.15, 0.2) is 0 Å². The molecule has 0 saturated heterocycles.